The normalized spacial score (nSPS) is 10.2. The number of likely N-dealkylation sites (N-methyl/N-ethyl adjacent to an activating group) is 1. The Morgan fingerprint density at radius 3 is 1.88 bits per heavy atom. The number of nitro benzene ring substituents is 2. The summed E-state index contributed by atoms with van der Waals surface area (Å²) in [4.78, 5) is 22.4. The molecule has 2 aromatic carbocycles. The first kappa shape index (κ1) is 17.2. The maximum absolute atomic E-state index is 10.7. The molecule has 0 spiro atoms. The van der Waals surface area contributed by atoms with E-state index in [2.05, 4.69) is 0 Å². The van der Waals surface area contributed by atoms with Gasteiger partial charge in [0.25, 0.3) is 11.4 Å². The highest BCUT2D eigenvalue weighted by Gasteiger charge is 2.09. The average Bonchev–Trinajstić information content (AvgIpc) is 2.59. The summed E-state index contributed by atoms with van der Waals surface area (Å²) in [6.45, 7) is 3.68. The van der Waals surface area contributed by atoms with Crippen LogP contribution in [0, 0.1) is 20.2 Å². The molecule has 0 bridgehead atoms. The van der Waals surface area contributed by atoms with Crippen molar-refractivity contribution in [3.05, 3.63) is 68.8 Å². The van der Waals surface area contributed by atoms with E-state index in [1.165, 1.54) is 24.3 Å². The minimum Gasteiger partial charge on any atom is -0.492 e. The first-order valence-electron chi connectivity index (χ1n) is 7.38. The third-order valence-electron chi connectivity index (χ3n) is 3.48. The van der Waals surface area contributed by atoms with Crippen LogP contribution in [-0.4, -0.2) is 29.5 Å². The van der Waals surface area contributed by atoms with E-state index in [1.807, 2.05) is 11.8 Å². The molecule has 0 N–H and O–H groups in total. The molecule has 0 radical (unpaired) electrons. The van der Waals surface area contributed by atoms with Crippen molar-refractivity contribution in [2.75, 3.05) is 24.6 Å². The van der Waals surface area contributed by atoms with Gasteiger partial charge in [-0.3, -0.25) is 20.2 Å². The smallest absolute Gasteiger partial charge is 0.269 e. The van der Waals surface area contributed by atoms with Gasteiger partial charge in [-0.1, -0.05) is 0 Å². The van der Waals surface area contributed by atoms with Crippen molar-refractivity contribution in [3.8, 4) is 5.75 Å². The van der Waals surface area contributed by atoms with E-state index in [4.69, 9.17) is 4.74 Å². The van der Waals surface area contributed by atoms with Crippen LogP contribution in [0.15, 0.2) is 48.5 Å². The van der Waals surface area contributed by atoms with Crippen LogP contribution in [0.2, 0.25) is 0 Å². The molecule has 0 aliphatic carbocycles. The molecule has 0 amide bonds. The van der Waals surface area contributed by atoms with Crippen LogP contribution in [0.25, 0.3) is 0 Å². The van der Waals surface area contributed by atoms with Gasteiger partial charge in [0, 0.05) is 36.5 Å². The van der Waals surface area contributed by atoms with Gasteiger partial charge in [0.05, 0.1) is 16.4 Å². The van der Waals surface area contributed by atoms with E-state index >= 15 is 0 Å². The standard InChI is InChI=1S/C16H17N3O5/c1-2-17(13-3-5-14(6-4-13)18(20)21)11-12-24-16-9-7-15(8-10-16)19(22)23/h3-10H,2,11-12H2,1H3. The second-order valence-electron chi connectivity index (χ2n) is 4.95. The number of nitro groups is 2. The summed E-state index contributed by atoms with van der Waals surface area (Å²) >= 11 is 0. The molecular weight excluding hydrogens is 314 g/mol. The van der Waals surface area contributed by atoms with Crippen molar-refractivity contribution in [1.29, 1.82) is 0 Å². The summed E-state index contributed by atoms with van der Waals surface area (Å²) in [5, 5.41) is 21.3. The molecule has 0 fully saturated rings. The van der Waals surface area contributed by atoms with Crippen molar-refractivity contribution >= 4 is 17.1 Å². The number of non-ortho nitro benzene ring substituents is 2. The van der Waals surface area contributed by atoms with Gasteiger partial charge in [-0.15, -0.1) is 0 Å². The van der Waals surface area contributed by atoms with E-state index in [0.29, 0.717) is 18.9 Å². The molecule has 2 rings (SSSR count). The summed E-state index contributed by atoms with van der Waals surface area (Å²) in [7, 11) is 0. The molecule has 8 heteroatoms. The minimum atomic E-state index is -0.461. The zero-order chi connectivity index (χ0) is 17.5. The van der Waals surface area contributed by atoms with Crippen LogP contribution in [0.1, 0.15) is 6.92 Å². The van der Waals surface area contributed by atoms with Crippen molar-refractivity contribution in [2.45, 2.75) is 6.92 Å². The molecule has 0 aliphatic heterocycles. The van der Waals surface area contributed by atoms with Crippen LogP contribution >= 0.6 is 0 Å². The largest absolute Gasteiger partial charge is 0.492 e. The van der Waals surface area contributed by atoms with Crippen LogP contribution in [0.4, 0.5) is 17.1 Å². The van der Waals surface area contributed by atoms with Crippen LogP contribution < -0.4 is 9.64 Å². The molecule has 2 aromatic rings. The number of rotatable bonds is 8. The van der Waals surface area contributed by atoms with E-state index < -0.39 is 9.85 Å². The molecule has 0 unspecified atom stereocenters. The fourth-order valence-electron chi connectivity index (χ4n) is 2.19. The maximum atomic E-state index is 10.7. The first-order valence-corrected chi connectivity index (χ1v) is 7.38. The van der Waals surface area contributed by atoms with E-state index in [0.717, 1.165) is 12.2 Å². The molecule has 8 nitrogen and oxygen atoms in total. The first-order chi connectivity index (χ1) is 11.5. The van der Waals surface area contributed by atoms with Gasteiger partial charge in [-0.2, -0.15) is 0 Å². The monoisotopic (exact) mass is 331 g/mol. The fourth-order valence-corrected chi connectivity index (χ4v) is 2.19. The lowest BCUT2D eigenvalue weighted by atomic mass is 10.2. The van der Waals surface area contributed by atoms with Crippen LogP contribution in [-0.2, 0) is 0 Å². The Hall–Kier alpha value is -3.16. The zero-order valence-electron chi connectivity index (χ0n) is 13.1. The van der Waals surface area contributed by atoms with Gasteiger partial charge in [0.15, 0.2) is 0 Å². The molecule has 24 heavy (non-hydrogen) atoms. The van der Waals surface area contributed by atoms with E-state index in [-0.39, 0.29) is 11.4 Å². The Bertz CT molecular complexity index is 701. The Kier molecular flexibility index (Phi) is 5.67. The highest BCUT2D eigenvalue weighted by atomic mass is 16.6. The Labute approximate surface area is 138 Å². The van der Waals surface area contributed by atoms with Crippen molar-refractivity contribution in [2.24, 2.45) is 0 Å². The lowest BCUT2D eigenvalue weighted by molar-refractivity contribution is -0.385. The SMILES string of the molecule is CCN(CCOc1ccc([N+](=O)[O-])cc1)c1ccc([N+](=O)[O-])cc1. The summed E-state index contributed by atoms with van der Waals surface area (Å²) in [6, 6.07) is 12.2. The lowest BCUT2D eigenvalue weighted by Crippen LogP contribution is -2.27. The topological polar surface area (TPSA) is 98.8 Å². The molecule has 0 saturated heterocycles. The van der Waals surface area contributed by atoms with Gasteiger partial charge in [0.2, 0.25) is 0 Å². The molecule has 0 aromatic heterocycles. The zero-order valence-corrected chi connectivity index (χ0v) is 13.1. The number of ether oxygens (including phenoxy) is 1. The summed E-state index contributed by atoms with van der Waals surface area (Å²) < 4.78 is 5.58. The molecule has 0 saturated carbocycles. The summed E-state index contributed by atoms with van der Waals surface area (Å²) in [6.07, 6.45) is 0. The van der Waals surface area contributed by atoms with Gasteiger partial charge in [-0.25, -0.2) is 0 Å². The summed E-state index contributed by atoms with van der Waals surface area (Å²) in [5.41, 5.74) is 0.941. The minimum absolute atomic E-state index is 0.0171. The second-order valence-corrected chi connectivity index (χ2v) is 4.95. The Morgan fingerprint density at radius 2 is 1.42 bits per heavy atom. The van der Waals surface area contributed by atoms with Crippen LogP contribution in [0.5, 0.6) is 5.75 Å². The van der Waals surface area contributed by atoms with Gasteiger partial charge in [-0.05, 0) is 31.2 Å². The van der Waals surface area contributed by atoms with Crippen LogP contribution in [0.3, 0.4) is 0 Å². The highest BCUT2D eigenvalue weighted by molar-refractivity contribution is 5.50. The van der Waals surface area contributed by atoms with E-state index in [9.17, 15) is 20.2 Å². The Balaban J connectivity index is 1.91. The number of nitrogens with zero attached hydrogens (tertiary/aromatic N) is 3. The number of hydrogen-bond donors (Lipinski definition) is 0. The quantitative estimate of drug-likeness (QED) is 0.543. The second kappa shape index (κ2) is 7.91. The molecule has 0 heterocycles. The summed E-state index contributed by atoms with van der Waals surface area (Å²) in [5.74, 6) is 0.556. The predicted octanol–water partition coefficient (Wildman–Crippen LogP) is 3.41. The van der Waals surface area contributed by atoms with Crippen molar-refractivity contribution in [3.63, 3.8) is 0 Å². The highest BCUT2D eigenvalue weighted by Crippen LogP contribution is 2.20. The molecule has 0 aliphatic rings. The third kappa shape index (κ3) is 4.42. The predicted molar refractivity (Wildman–Crippen MR) is 89.6 cm³/mol. The van der Waals surface area contributed by atoms with Gasteiger partial charge >= 0.3 is 0 Å². The maximum Gasteiger partial charge on any atom is 0.269 e. The number of anilines is 1. The third-order valence-corrected chi connectivity index (χ3v) is 3.48. The molecule has 126 valence electrons. The average molecular weight is 331 g/mol. The van der Waals surface area contributed by atoms with Crippen molar-refractivity contribution < 1.29 is 14.6 Å². The van der Waals surface area contributed by atoms with E-state index in [1.54, 1.807) is 24.3 Å². The van der Waals surface area contributed by atoms with Gasteiger partial charge < -0.3 is 9.64 Å². The lowest BCUT2D eigenvalue weighted by Gasteiger charge is -2.23. The molecular formula is C16H17N3O5. The van der Waals surface area contributed by atoms with Crippen molar-refractivity contribution in [1.82, 2.24) is 0 Å². The van der Waals surface area contributed by atoms with Gasteiger partial charge in [0.1, 0.15) is 12.4 Å². The fraction of sp³-hybridized carbons (Fsp3) is 0.250. The number of hydrogen-bond acceptors (Lipinski definition) is 6. The number of benzene rings is 2. The Morgan fingerprint density at radius 1 is 0.917 bits per heavy atom. The molecule has 0 atom stereocenters.